The van der Waals surface area contributed by atoms with Crippen molar-refractivity contribution >= 4 is 5.91 Å². The number of nitrogens with two attached hydrogens (primary N) is 1. The van der Waals surface area contributed by atoms with E-state index in [4.69, 9.17) is 5.73 Å². The first kappa shape index (κ1) is 12.6. The maximum Gasteiger partial charge on any atom is 0.222 e. The summed E-state index contributed by atoms with van der Waals surface area (Å²) in [5, 5.41) is 6.96. The van der Waals surface area contributed by atoms with Crippen molar-refractivity contribution in [2.24, 2.45) is 18.7 Å². The van der Waals surface area contributed by atoms with Crippen LogP contribution in [0.5, 0.6) is 0 Å². The van der Waals surface area contributed by atoms with Crippen LogP contribution in [0.1, 0.15) is 19.2 Å². The first-order valence-electron chi connectivity index (χ1n) is 5.45. The van der Waals surface area contributed by atoms with Crippen LogP contribution in [-0.2, 0) is 18.3 Å². The fraction of sp³-hybridized carbons (Fsp3) is 0.700. The molecular weight excluding hydrogens is 206 g/mol. The van der Waals surface area contributed by atoms with Crippen LogP contribution in [0.3, 0.4) is 0 Å². The van der Waals surface area contributed by atoms with Crippen LogP contribution in [0, 0.1) is 5.92 Å². The van der Waals surface area contributed by atoms with Gasteiger partial charge in [0.1, 0.15) is 6.33 Å². The summed E-state index contributed by atoms with van der Waals surface area (Å²) >= 11 is 0. The second kappa shape index (κ2) is 6.22. The van der Waals surface area contributed by atoms with Crippen molar-refractivity contribution in [1.82, 2.24) is 20.1 Å². The number of carbonyl (C=O) groups excluding carboxylic acids is 1. The minimum atomic E-state index is -0.0262. The topological polar surface area (TPSA) is 85.8 Å². The quantitative estimate of drug-likeness (QED) is 0.680. The molecule has 1 rings (SSSR count). The Kier molecular flexibility index (Phi) is 4.91. The van der Waals surface area contributed by atoms with Gasteiger partial charge in [-0.05, 0) is 13.0 Å². The third kappa shape index (κ3) is 3.98. The van der Waals surface area contributed by atoms with E-state index >= 15 is 0 Å². The Hall–Kier alpha value is -1.43. The minimum Gasteiger partial charge on any atom is -0.355 e. The zero-order valence-electron chi connectivity index (χ0n) is 9.81. The van der Waals surface area contributed by atoms with Crippen LogP contribution >= 0.6 is 0 Å². The van der Waals surface area contributed by atoms with Crippen LogP contribution in [0.4, 0.5) is 0 Å². The van der Waals surface area contributed by atoms with Gasteiger partial charge in [0.25, 0.3) is 0 Å². The van der Waals surface area contributed by atoms with Gasteiger partial charge in [-0.15, -0.1) is 0 Å². The fourth-order valence-corrected chi connectivity index (χ4v) is 1.35. The summed E-state index contributed by atoms with van der Waals surface area (Å²) < 4.78 is 1.65. The Morgan fingerprint density at radius 2 is 2.44 bits per heavy atom. The lowest BCUT2D eigenvalue weighted by molar-refractivity contribution is -0.124. The van der Waals surface area contributed by atoms with Crippen molar-refractivity contribution in [3.05, 3.63) is 12.2 Å². The first-order chi connectivity index (χ1) is 7.63. The number of aryl methyl sites for hydroxylation is 1. The third-order valence-corrected chi connectivity index (χ3v) is 2.34. The molecule has 0 bridgehead atoms. The van der Waals surface area contributed by atoms with Gasteiger partial charge in [0.15, 0.2) is 5.82 Å². The number of nitrogens with one attached hydrogen (secondary N) is 1. The summed E-state index contributed by atoms with van der Waals surface area (Å²) in [5.74, 6) is 0.761. The van der Waals surface area contributed by atoms with Gasteiger partial charge in [0.05, 0.1) is 0 Å². The van der Waals surface area contributed by atoms with Crippen LogP contribution in [0.25, 0.3) is 0 Å². The monoisotopic (exact) mass is 225 g/mol. The lowest BCUT2D eigenvalue weighted by Crippen LogP contribution is -2.32. The van der Waals surface area contributed by atoms with E-state index in [1.165, 1.54) is 0 Å². The molecule has 6 heteroatoms. The maximum absolute atomic E-state index is 11.5. The molecule has 6 nitrogen and oxygen atoms in total. The predicted molar refractivity (Wildman–Crippen MR) is 60.6 cm³/mol. The molecule has 0 aliphatic carbocycles. The number of nitrogens with zero attached hydrogens (tertiary/aromatic N) is 3. The molecule has 1 heterocycles. The summed E-state index contributed by atoms with van der Waals surface area (Å²) in [4.78, 5) is 15.6. The van der Waals surface area contributed by atoms with Crippen molar-refractivity contribution < 1.29 is 4.79 Å². The largest absolute Gasteiger partial charge is 0.355 e. The minimum absolute atomic E-state index is 0.0262. The van der Waals surface area contributed by atoms with Crippen molar-refractivity contribution in [1.29, 1.82) is 0 Å². The van der Waals surface area contributed by atoms with Gasteiger partial charge in [0.2, 0.25) is 5.91 Å². The highest BCUT2D eigenvalue weighted by molar-refractivity contribution is 5.78. The van der Waals surface area contributed by atoms with E-state index in [0.29, 0.717) is 25.9 Å². The van der Waals surface area contributed by atoms with E-state index in [-0.39, 0.29) is 11.8 Å². The van der Waals surface area contributed by atoms with E-state index in [0.717, 1.165) is 5.82 Å². The maximum atomic E-state index is 11.5. The highest BCUT2D eigenvalue weighted by Crippen LogP contribution is 1.99. The zero-order valence-corrected chi connectivity index (χ0v) is 9.81. The standard InChI is InChI=1S/C10H19N5O/c1-8(3-5-11)10(16)12-6-4-9-13-7-15(2)14-9/h7-8H,3-6,11H2,1-2H3,(H,12,16). The van der Waals surface area contributed by atoms with Gasteiger partial charge in [-0.25, -0.2) is 4.98 Å². The molecule has 1 unspecified atom stereocenters. The predicted octanol–water partition coefficient (Wildman–Crippen LogP) is -0.541. The van der Waals surface area contributed by atoms with Crippen LogP contribution < -0.4 is 11.1 Å². The Labute approximate surface area is 95.2 Å². The number of rotatable bonds is 6. The molecule has 1 amide bonds. The van der Waals surface area contributed by atoms with E-state index in [9.17, 15) is 4.79 Å². The summed E-state index contributed by atoms with van der Waals surface area (Å²) in [7, 11) is 1.82. The molecule has 0 radical (unpaired) electrons. The van der Waals surface area contributed by atoms with Gasteiger partial charge in [-0.3, -0.25) is 9.48 Å². The Morgan fingerprint density at radius 3 is 3.00 bits per heavy atom. The smallest absolute Gasteiger partial charge is 0.222 e. The molecule has 0 aliphatic heterocycles. The Balaban J connectivity index is 2.22. The Bertz CT molecular complexity index is 336. The SMILES string of the molecule is CC(CCN)C(=O)NCCc1ncn(C)n1. The lowest BCUT2D eigenvalue weighted by atomic mass is 10.1. The molecule has 3 N–H and O–H groups in total. The molecule has 0 saturated carbocycles. The molecule has 1 aromatic heterocycles. The zero-order chi connectivity index (χ0) is 12.0. The van der Waals surface area contributed by atoms with Gasteiger partial charge >= 0.3 is 0 Å². The average molecular weight is 225 g/mol. The molecule has 0 aromatic carbocycles. The number of hydrogen-bond donors (Lipinski definition) is 2. The molecular formula is C10H19N5O. The van der Waals surface area contributed by atoms with Crippen LogP contribution in [-0.4, -0.2) is 33.8 Å². The van der Waals surface area contributed by atoms with Gasteiger partial charge in [0, 0.05) is 25.9 Å². The van der Waals surface area contributed by atoms with E-state index in [1.54, 1.807) is 11.0 Å². The number of aromatic nitrogens is 3. The summed E-state index contributed by atoms with van der Waals surface area (Å²) in [6, 6.07) is 0. The molecule has 1 atom stereocenters. The highest BCUT2D eigenvalue weighted by Gasteiger charge is 2.11. The Morgan fingerprint density at radius 1 is 1.69 bits per heavy atom. The summed E-state index contributed by atoms with van der Waals surface area (Å²) in [6.07, 6.45) is 3.02. The van der Waals surface area contributed by atoms with Gasteiger partial charge in [-0.1, -0.05) is 6.92 Å². The van der Waals surface area contributed by atoms with Gasteiger partial charge < -0.3 is 11.1 Å². The van der Waals surface area contributed by atoms with E-state index in [1.807, 2.05) is 14.0 Å². The van der Waals surface area contributed by atoms with Crippen molar-refractivity contribution in [3.63, 3.8) is 0 Å². The van der Waals surface area contributed by atoms with Crippen LogP contribution in [0.15, 0.2) is 6.33 Å². The second-order valence-electron chi connectivity index (χ2n) is 3.85. The molecule has 16 heavy (non-hydrogen) atoms. The van der Waals surface area contributed by atoms with Crippen molar-refractivity contribution in [3.8, 4) is 0 Å². The average Bonchev–Trinajstić information content (AvgIpc) is 2.64. The fourth-order valence-electron chi connectivity index (χ4n) is 1.35. The highest BCUT2D eigenvalue weighted by atomic mass is 16.1. The van der Waals surface area contributed by atoms with Crippen molar-refractivity contribution in [2.45, 2.75) is 19.8 Å². The number of hydrogen-bond acceptors (Lipinski definition) is 4. The molecule has 0 spiro atoms. The number of carbonyl (C=O) groups is 1. The van der Waals surface area contributed by atoms with E-state index in [2.05, 4.69) is 15.4 Å². The van der Waals surface area contributed by atoms with Gasteiger partial charge in [-0.2, -0.15) is 5.10 Å². The third-order valence-electron chi connectivity index (χ3n) is 2.34. The first-order valence-corrected chi connectivity index (χ1v) is 5.45. The second-order valence-corrected chi connectivity index (χ2v) is 3.85. The molecule has 90 valence electrons. The summed E-state index contributed by atoms with van der Waals surface area (Å²) in [6.45, 7) is 2.98. The normalized spacial score (nSPS) is 12.4. The molecule has 0 fully saturated rings. The molecule has 0 saturated heterocycles. The molecule has 1 aromatic rings. The summed E-state index contributed by atoms with van der Waals surface area (Å²) in [5.41, 5.74) is 5.39. The van der Waals surface area contributed by atoms with Crippen LogP contribution in [0.2, 0.25) is 0 Å². The molecule has 0 aliphatic rings. The number of amides is 1. The lowest BCUT2D eigenvalue weighted by Gasteiger charge is -2.09. The van der Waals surface area contributed by atoms with Crippen molar-refractivity contribution in [2.75, 3.05) is 13.1 Å². The van der Waals surface area contributed by atoms with E-state index < -0.39 is 0 Å².